The van der Waals surface area contributed by atoms with E-state index in [4.69, 9.17) is 9.26 Å². The number of aromatic nitrogens is 2. The Balaban J connectivity index is 1.95. The van der Waals surface area contributed by atoms with E-state index < -0.39 is 5.91 Å². The normalized spacial score (nSPS) is 10.3. The predicted octanol–water partition coefficient (Wildman–Crippen LogP) is 1.80. The molecule has 2 rings (SSSR count). The van der Waals surface area contributed by atoms with Gasteiger partial charge in [0.25, 0.3) is 5.91 Å². The SMILES string of the molecule is CCOC(=O)Cc1csc(NC(=O)c2cc(C)no2)n1. The average molecular weight is 295 g/mol. The van der Waals surface area contributed by atoms with Crippen LogP contribution in [0.3, 0.4) is 0 Å². The first kappa shape index (κ1) is 14.2. The largest absolute Gasteiger partial charge is 0.466 e. The lowest BCUT2D eigenvalue weighted by atomic mass is 10.3. The number of hydrogen-bond donors (Lipinski definition) is 1. The van der Waals surface area contributed by atoms with Crippen molar-refractivity contribution >= 4 is 28.3 Å². The van der Waals surface area contributed by atoms with Crippen LogP contribution in [-0.2, 0) is 16.0 Å². The van der Waals surface area contributed by atoms with Crippen LogP contribution in [0.15, 0.2) is 16.0 Å². The number of amides is 1. The van der Waals surface area contributed by atoms with E-state index in [0.29, 0.717) is 23.1 Å². The molecule has 0 aliphatic rings. The van der Waals surface area contributed by atoms with Crippen LogP contribution in [0.2, 0.25) is 0 Å². The zero-order chi connectivity index (χ0) is 14.5. The van der Waals surface area contributed by atoms with Gasteiger partial charge in [0.2, 0.25) is 5.76 Å². The van der Waals surface area contributed by atoms with Crippen molar-refractivity contribution in [3.8, 4) is 0 Å². The molecule has 2 heterocycles. The lowest BCUT2D eigenvalue weighted by Crippen LogP contribution is -2.11. The van der Waals surface area contributed by atoms with E-state index in [0.717, 1.165) is 0 Å². The van der Waals surface area contributed by atoms with Crippen molar-refractivity contribution in [2.24, 2.45) is 0 Å². The number of esters is 1. The van der Waals surface area contributed by atoms with E-state index in [1.807, 2.05) is 0 Å². The molecule has 0 aromatic carbocycles. The number of nitrogens with one attached hydrogen (secondary N) is 1. The van der Waals surface area contributed by atoms with E-state index >= 15 is 0 Å². The molecular weight excluding hydrogens is 282 g/mol. The van der Waals surface area contributed by atoms with Crippen molar-refractivity contribution in [2.75, 3.05) is 11.9 Å². The Bertz CT molecular complexity index is 620. The maximum absolute atomic E-state index is 11.8. The van der Waals surface area contributed by atoms with E-state index in [9.17, 15) is 9.59 Å². The summed E-state index contributed by atoms with van der Waals surface area (Å²) in [6, 6.07) is 1.53. The van der Waals surface area contributed by atoms with Gasteiger partial charge in [0.05, 0.1) is 24.4 Å². The minimum absolute atomic E-state index is 0.0849. The van der Waals surface area contributed by atoms with Crippen molar-refractivity contribution in [2.45, 2.75) is 20.3 Å². The first-order valence-corrected chi connectivity index (χ1v) is 6.81. The van der Waals surface area contributed by atoms with Gasteiger partial charge >= 0.3 is 5.97 Å². The minimum atomic E-state index is -0.428. The van der Waals surface area contributed by atoms with Crippen LogP contribution in [-0.4, -0.2) is 28.6 Å². The predicted molar refractivity (Wildman–Crippen MR) is 71.6 cm³/mol. The molecule has 0 fully saturated rings. The van der Waals surface area contributed by atoms with Crippen LogP contribution in [0.5, 0.6) is 0 Å². The zero-order valence-corrected chi connectivity index (χ0v) is 11.8. The van der Waals surface area contributed by atoms with Crippen molar-refractivity contribution in [1.29, 1.82) is 0 Å². The molecule has 0 aliphatic heterocycles. The molecule has 0 radical (unpaired) electrons. The van der Waals surface area contributed by atoms with E-state index in [-0.39, 0.29) is 18.2 Å². The Morgan fingerprint density at radius 1 is 1.50 bits per heavy atom. The first-order valence-electron chi connectivity index (χ1n) is 5.93. The van der Waals surface area contributed by atoms with Gasteiger partial charge in [0.15, 0.2) is 5.13 Å². The second kappa shape index (κ2) is 6.29. The Kier molecular flexibility index (Phi) is 4.46. The summed E-state index contributed by atoms with van der Waals surface area (Å²) in [5.74, 6) is -0.659. The highest BCUT2D eigenvalue weighted by molar-refractivity contribution is 7.14. The Morgan fingerprint density at radius 3 is 2.95 bits per heavy atom. The highest BCUT2D eigenvalue weighted by Gasteiger charge is 2.14. The molecule has 8 heteroatoms. The molecule has 7 nitrogen and oxygen atoms in total. The maximum Gasteiger partial charge on any atom is 0.311 e. The van der Waals surface area contributed by atoms with E-state index in [1.54, 1.807) is 19.2 Å². The third-order valence-electron chi connectivity index (χ3n) is 2.25. The number of rotatable bonds is 5. The highest BCUT2D eigenvalue weighted by atomic mass is 32.1. The second-order valence-corrected chi connectivity index (χ2v) is 4.77. The summed E-state index contributed by atoms with van der Waals surface area (Å²) >= 11 is 1.23. The molecule has 0 unspecified atom stereocenters. The van der Waals surface area contributed by atoms with Crippen LogP contribution in [0.1, 0.15) is 28.9 Å². The quantitative estimate of drug-likeness (QED) is 0.845. The fourth-order valence-corrected chi connectivity index (χ4v) is 2.14. The number of carbonyl (C=O) groups is 2. The minimum Gasteiger partial charge on any atom is -0.466 e. The molecule has 0 atom stereocenters. The van der Waals surface area contributed by atoms with Gasteiger partial charge in [-0.3, -0.25) is 14.9 Å². The summed E-state index contributed by atoms with van der Waals surface area (Å²) in [5, 5.41) is 8.29. The fraction of sp³-hybridized carbons (Fsp3) is 0.333. The van der Waals surface area contributed by atoms with Gasteiger partial charge in [-0.05, 0) is 13.8 Å². The average Bonchev–Trinajstić information content (AvgIpc) is 2.99. The van der Waals surface area contributed by atoms with Gasteiger partial charge in [0.1, 0.15) is 0 Å². The lowest BCUT2D eigenvalue weighted by molar-refractivity contribution is -0.142. The van der Waals surface area contributed by atoms with Crippen molar-refractivity contribution in [3.05, 3.63) is 28.6 Å². The van der Waals surface area contributed by atoms with Crippen LogP contribution >= 0.6 is 11.3 Å². The Labute approximate surface area is 118 Å². The molecule has 0 saturated heterocycles. The molecule has 1 N–H and O–H groups in total. The van der Waals surface area contributed by atoms with Crippen molar-refractivity contribution < 1.29 is 18.8 Å². The maximum atomic E-state index is 11.8. The Morgan fingerprint density at radius 2 is 2.30 bits per heavy atom. The summed E-state index contributed by atoms with van der Waals surface area (Å²) in [6.07, 6.45) is 0.0849. The molecule has 0 aliphatic carbocycles. The number of ether oxygens (including phenoxy) is 1. The zero-order valence-electron chi connectivity index (χ0n) is 11.0. The molecule has 2 aromatic heterocycles. The molecule has 0 bridgehead atoms. The standard InChI is InChI=1S/C12H13N3O4S/c1-3-18-10(16)5-8-6-20-12(13-8)14-11(17)9-4-7(2)15-19-9/h4,6H,3,5H2,1-2H3,(H,13,14,17). The number of carbonyl (C=O) groups excluding carboxylic acids is 2. The first-order chi connectivity index (χ1) is 9.58. The van der Waals surface area contributed by atoms with E-state index in [2.05, 4.69) is 15.5 Å². The molecule has 0 spiro atoms. The van der Waals surface area contributed by atoms with Crippen molar-refractivity contribution in [3.63, 3.8) is 0 Å². The molecule has 0 saturated carbocycles. The van der Waals surface area contributed by atoms with Gasteiger partial charge in [-0.1, -0.05) is 5.16 Å². The Hall–Kier alpha value is -2.22. The van der Waals surface area contributed by atoms with Crippen LogP contribution in [0.25, 0.3) is 0 Å². The number of hydrogen-bond acceptors (Lipinski definition) is 7. The van der Waals surface area contributed by atoms with Crippen LogP contribution in [0, 0.1) is 6.92 Å². The van der Waals surface area contributed by atoms with Gasteiger partial charge < -0.3 is 9.26 Å². The van der Waals surface area contributed by atoms with Crippen molar-refractivity contribution in [1.82, 2.24) is 10.1 Å². The molecule has 106 valence electrons. The van der Waals surface area contributed by atoms with Gasteiger partial charge in [0, 0.05) is 11.4 Å². The van der Waals surface area contributed by atoms with E-state index in [1.165, 1.54) is 17.4 Å². The smallest absolute Gasteiger partial charge is 0.311 e. The molecule has 20 heavy (non-hydrogen) atoms. The van der Waals surface area contributed by atoms with Crippen LogP contribution in [0.4, 0.5) is 5.13 Å². The summed E-state index contributed by atoms with van der Waals surface area (Å²) in [6.45, 7) is 3.79. The number of aryl methyl sites for hydroxylation is 1. The summed E-state index contributed by atoms with van der Waals surface area (Å²) < 4.78 is 9.67. The number of nitrogens with zero attached hydrogens (tertiary/aromatic N) is 2. The fourth-order valence-electron chi connectivity index (χ4n) is 1.43. The second-order valence-electron chi connectivity index (χ2n) is 3.91. The molecule has 2 aromatic rings. The number of anilines is 1. The summed E-state index contributed by atoms with van der Waals surface area (Å²) in [7, 11) is 0. The highest BCUT2D eigenvalue weighted by Crippen LogP contribution is 2.17. The topological polar surface area (TPSA) is 94.3 Å². The van der Waals surface area contributed by atoms with Gasteiger partial charge in [-0.25, -0.2) is 4.98 Å². The summed E-state index contributed by atoms with van der Waals surface area (Å²) in [4.78, 5) is 27.2. The molecule has 1 amide bonds. The third kappa shape index (κ3) is 3.64. The van der Waals surface area contributed by atoms with Gasteiger partial charge in [-0.2, -0.15) is 0 Å². The number of thiazole rings is 1. The van der Waals surface area contributed by atoms with Crippen LogP contribution < -0.4 is 5.32 Å². The van der Waals surface area contributed by atoms with Gasteiger partial charge in [-0.15, -0.1) is 11.3 Å². The lowest BCUT2D eigenvalue weighted by Gasteiger charge is -1.98. The molecular formula is C12H13N3O4S. The third-order valence-corrected chi connectivity index (χ3v) is 3.06. The monoisotopic (exact) mass is 295 g/mol. The summed E-state index contributed by atoms with van der Waals surface area (Å²) in [5.41, 5.74) is 1.18.